The van der Waals surface area contributed by atoms with E-state index in [1.54, 1.807) is 11.0 Å². The summed E-state index contributed by atoms with van der Waals surface area (Å²) in [6, 6.07) is -0.0762. The van der Waals surface area contributed by atoms with E-state index in [4.69, 9.17) is 0 Å². The third-order valence-corrected chi connectivity index (χ3v) is 5.54. The summed E-state index contributed by atoms with van der Waals surface area (Å²) in [5, 5.41) is 7.11. The van der Waals surface area contributed by atoms with Gasteiger partial charge in [0.15, 0.2) is 5.78 Å². The molecule has 0 unspecified atom stereocenters. The van der Waals surface area contributed by atoms with Gasteiger partial charge < -0.3 is 9.88 Å². The fourth-order valence-electron chi connectivity index (χ4n) is 4.38. The van der Waals surface area contributed by atoms with Crippen LogP contribution in [0.5, 0.6) is 0 Å². The van der Waals surface area contributed by atoms with E-state index in [1.807, 2.05) is 13.8 Å². The van der Waals surface area contributed by atoms with Crippen LogP contribution in [-0.2, 0) is 30.7 Å². The predicted octanol–water partition coefficient (Wildman–Crippen LogP) is 2.95. The van der Waals surface area contributed by atoms with Gasteiger partial charge in [-0.3, -0.25) is 14.3 Å². The molecule has 0 aliphatic heterocycles. The highest BCUT2D eigenvalue weighted by Gasteiger charge is 2.37. The van der Waals surface area contributed by atoms with E-state index in [-0.39, 0.29) is 29.6 Å². The summed E-state index contributed by atoms with van der Waals surface area (Å²) < 4.78 is 3.98. The first-order valence-electron chi connectivity index (χ1n) is 10.4. The van der Waals surface area contributed by atoms with Crippen molar-refractivity contribution in [2.24, 2.45) is 11.3 Å². The summed E-state index contributed by atoms with van der Waals surface area (Å²) in [7, 11) is 0. The first kappa shape index (κ1) is 21.3. The van der Waals surface area contributed by atoms with Crippen molar-refractivity contribution in [3.05, 3.63) is 35.2 Å². The molecule has 0 radical (unpaired) electrons. The van der Waals surface area contributed by atoms with E-state index >= 15 is 0 Å². The highest BCUT2D eigenvalue weighted by Crippen LogP contribution is 2.39. The minimum absolute atomic E-state index is 0.0462. The Morgan fingerprint density at radius 2 is 1.97 bits per heavy atom. The molecule has 0 saturated heterocycles. The second-order valence-corrected chi connectivity index (χ2v) is 9.59. The van der Waals surface area contributed by atoms with Crippen molar-refractivity contribution in [1.29, 1.82) is 0 Å². The lowest BCUT2D eigenvalue weighted by Crippen LogP contribution is -2.37. The van der Waals surface area contributed by atoms with Crippen LogP contribution in [0.15, 0.2) is 12.7 Å². The Hall–Kier alpha value is -2.44. The maximum atomic E-state index is 13.0. The molecular weight excluding hydrogens is 366 g/mol. The summed E-state index contributed by atoms with van der Waals surface area (Å²) in [5.74, 6) is 0.567. The zero-order chi connectivity index (χ0) is 21.3. The highest BCUT2D eigenvalue weighted by atomic mass is 16.1. The Balaban J connectivity index is 1.84. The van der Waals surface area contributed by atoms with Gasteiger partial charge >= 0.3 is 0 Å². The molecule has 29 heavy (non-hydrogen) atoms. The van der Waals surface area contributed by atoms with Crippen LogP contribution in [-0.4, -0.2) is 37.1 Å². The molecule has 1 N–H and O–H groups in total. The van der Waals surface area contributed by atoms with Gasteiger partial charge in [-0.05, 0) is 37.2 Å². The maximum absolute atomic E-state index is 13.0. The molecular formula is C22H33N5O2. The zero-order valence-corrected chi connectivity index (χ0v) is 18.5. The Morgan fingerprint density at radius 1 is 1.24 bits per heavy atom. The van der Waals surface area contributed by atoms with Crippen molar-refractivity contribution in [1.82, 2.24) is 24.6 Å². The molecule has 158 valence electrons. The number of nitrogens with zero attached hydrogens (tertiary/aromatic N) is 4. The molecule has 0 aromatic carbocycles. The molecule has 0 bridgehead atoms. The monoisotopic (exact) mass is 399 g/mol. The van der Waals surface area contributed by atoms with E-state index in [9.17, 15) is 9.59 Å². The van der Waals surface area contributed by atoms with E-state index in [0.717, 1.165) is 35.5 Å². The molecule has 7 heteroatoms. The van der Waals surface area contributed by atoms with Gasteiger partial charge in [0.2, 0.25) is 5.91 Å². The highest BCUT2D eigenvalue weighted by molar-refractivity contribution is 6.01. The third kappa shape index (κ3) is 4.77. The van der Waals surface area contributed by atoms with Gasteiger partial charge in [-0.1, -0.05) is 27.7 Å². The molecule has 2 aromatic heterocycles. The van der Waals surface area contributed by atoms with Crippen molar-refractivity contribution >= 4 is 11.7 Å². The zero-order valence-electron chi connectivity index (χ0n) is 18.5. The number of ketones is 1. The topological polar surface area (TPSA) is 81.8 Å². The minimum Gasteiger partial charge on any atom is -0.351 e. The number of amides is 1. The number of hydrogen-bond acceptors (Lipinski definition) is 4. The van der Waals surface area contributed by atoms with Crippen molar-refractivity contribution in [2.75, 3.05) is 0 Å². The molecule has 1 aliphatic rings. The third-order valence-electron chi connectivity index (χ3n) is 5.54. The van der Waals surface area contributed by atoms with Gasteiger partial charge in [-0.2, -0.15) is 5.10 Å². The fraction of sp³-hybridized carbons (Fsp3) is 0.636. The molecule has 1 aliphatic carbocycles. The van der Waals surface area contributed by atoms with E-state index < -0.39 is 0 Å². The Kier molecular flexibility index (Phi) is 5.96. The summed E-state index contributed by atoms with van der Waals surface area (Å²) in [6.07, 6.45) is 4.74. The average Bonchev–Trinajstić information content (AvgIpc) is 3.16. The molecule has 2 heterocycles. The number of Topliss-reactive ketones (excluding diaryl/α,β-unsaturated/α-hetero) is 1. The lowest BCUT2D eigenvalue weighted by atomic mass is 9.75. The van der Waals surface area contributed by atoms with Crippen molar-refractivity contribution in [3.8, 4) is 0 Å². The number of rotatable bonds is 7. The number of hydrogen-bond donors (Lipinski definition) is 1. The van der Waals surface area contributed by atoms with Crippen molar-refractivity contribution in [2.45, 2.75) is 79.9 Å². The first-order chi connectivity index (χ1) is 13.6. The van der Waals surface area contributed by atoms with Crippen LogP contribution in [0.1, 0.15) is 68.3 Å². The largest absolute Gasteiger partial charge is 0.351 e. The van der Waals surface area contributed by atoms with Gasteiger partial charge in [0.1, 0.15) is 12.7 Å². The quantitative estimate of drug-likeness (QED) is 0.776. The molecule has 0 fully saturated rings. The maximum Gasteiger partial charge on any atom is 0.224 e. The smallest absolute Gasteiger partial charge is 0.224 e. The number of carbonyl (C=O) groups is 2. The van der Waals surface area contributed by atoms with Gasteiger partial charge in [0.05, 0.1) is 13.0 Å². The molecule has 2 aromatic rings. The van der Waals surface area contributed by atoms with Crippen LogP contribution < -0.4 is 5.32 Å². The Morgan fingerprint density at radius 3 is 2.59 bits per heavy atom. The van der Waals surface area contributed by atoms with Gasteiger partial charge in [0.25, 0.3) is 0 Å². The standard InChI is InChI=1S/C22H33N5O2/c1-14(2)10-27-16(4)17(21-18(27)8-22(5,6)9-19(21)28)7-20(29)25-15(3)11-26-13-23-12-24-26/h12-15H,7-11H2,1-6H3,(H,25,29)/t15-/m0/s1. The number of aromatic nitrogens is 4. The van der Waals surface area contributed by atoms with E-state index in [0.29, 0.717) is 18.9 Å². The number of carbonyl (C=O) groups excluding carboxylic acids is 2. The molecule has 0 saturated carbocycles. The van der Waals surface area contributed by atoms with Gasteiger partial charge in [-0.25, -0.2) is 4.98 Å². The number of fused-ring (bicyclic) bond motifs is 1. The van der Waals surface area contributed by atoms with Crippen LogP contribution in [0.25, 0.3) is 0 Å². The second kappa shape index (κ2) is 8.13. The molecule has 0 spiro atoms. The van der Waals surface area contributed by atoms with Crippen LogP contribution in [0.3, 0.4) is 0 Å². The molecule has 1 amide bonds. The fourth-order valence-corrected chi connectivity index (χ4v) is 4.38. The van der Waals surface area contributed by atoms with Crippen molar-refractivity contribution < 1.29 is 9.59 Å². The van der Waals surface area contributed by atoms with Crippen LogP contribution in [0.4, 0.5) is 0 Å². The molecule has 1 atom stereocenters. The summed E-state index contributed by atoms with van der Waals surface area (Å²) in [6.45, 7) is 14.1. The number of nitrogens with one attached hydrogen (secondary N) is 1. The normalized spacial score (nSPS) is 16.7. The van der Waals surface area contributed by atoms with Crippen LogP contribution in [0.2, 0.25) is 0 Å². The SMILES string of the molecule is Cc1c(CC(=O)N[C@@H](C)Cn2cncn2)c2c(n1CC(C)C)CC(C)(C)CC2=O. The van der Waals surface area contributed by atoms with Crippen molar-refractivity contribution in [3.63, 3.8) is 0 Å². The van der Waals surface area contributed by atoms with E-state index in [1.165, 1.54) is 6.33 Å². The minimum atomic E-state index is -0.0762. The van der Waals surface area contributed by atoms with Crippen LogP contribution >= 0.6 is 0 Å². The predicted molar refractivity (Wildman–Crippen MR) is 112 cm³/mol. The molecule has 7 nitrogen and oxygen atoms in total. The first-order valence-corrected chi connectivity index (χ1v) is 10.4. The summed E-state index contributed by atoms with van der Waals surface area (Å²) >= 11 is 0. The Bertz CT molecular complexity index is 893. The second-order valence-electron chi connectivity index (χ2n) is 9.59. The lowest BCUT2D eigenvalue weighted by molar-refractivity contribution is -0.121. The lowest BCUT2D eigenvalue weighted by Gasteiger charge is -2.30. The summed E-state index contributed by atoms with van der Waals surface area (Å²) in [5.41, 5.74) is 3.80. The van der Waals surface area contributed by atoms with Gasteiger partial charge in [0, 0.05) is 36.0 Å². The summed E-state index contributed by atoms with van der Waals surface area (Å²) in [4.78, 5) is 29.7. The average molecular weight is 400 g/mol. The molecule has 3 rings (SSSR count). The van der Waals surface area contributed by atoms with Crippen LogP contribution in [0, 0.1) is 18.3 Å². The van der Waals surface area contributed by atoms with Gasteiger partial charge in [-0.15, -0.1) is 0 Å². The Labute approximate surface area is 172 Å². The van der Waals surface area contributed by atoms with E-state index in [2.05, 4.69) is 47.7 Å².